The molecule has 5 aromatic rings. The summed E-state index contributed by atoms with van der Waals surface area (Å²) in [7, 11) is 0. The van der Waals surface area contributed by atoms with Gasteiger partial charge < -0.3 is 4.74 Å². The third-order valence-corrected chi connectivity index (χ3v) is 6.43. The van der Waals surface area contributed by atoms with Crippen molar-refractivity contribution in [1.29, 1.82) is 0 Å². The highest BCUT2D eigenvalue weighted by Crippen LogP contribution is 2.29. The van der Waals surface area contributed by atoms with Crippen molar-refractivity contribution in [3.05, 3.63) is 69.8 Å². The molecule has 0 saturated carbocycles. The average molecular weight is 440 g/mol. The van der Waals surface area contributed by atoms with Gasteiger partial charge in [-0.05, 0) is 69.0 Å². The normalized spacial score (nSPS) is 16.4. The summed E-state index contributed by atoms with van der Waals surface area (Å²) in [5, 5.41) is 0.506. The van der Waals surface area contributed by atoms with Gasteiger partial charge >= 0.3 is 0 Å². The molecule has 0 amide bonds. The van der Waals surface area contributed by atoms with Crippen LogP contribution in [0.5, 0.6) is 0 Å². The van der Waals surface area contributed by atoms with Crippen molar-refractivity contribution < 1.29 is 4.74 Å². The summed E-state index contributed by atoms with van der Waals surface area (Å²) in [6.45, 7) is 7.27. The van der Waals surface area contributed by atoms with E-state index in [9.17, 15) is 4.79 Å². The summed E-state index contributed by atoms with van der Waals surface area (Å²) < 4.78 is 9.52. The summed E-state index contributed by atoms with van der Waals surface area (Å²) in [6, 6.07) is 14.1. The topological polar surface area (TPSA) is 74.8 Å². The molecule has 0 aliphatic carbocycles. The lowest BCUT2D eigenvalue weighted by Crippen LogP contribution is -2.29. The fourth-order valence-electron chi connectivity index (χ4n) is 4.96. The van der Waals surface area contributed by atoms with Gasteiger partial charge in [0.05, 0.1) is 23.7 Å². The fourth-order valence-corrected chi connectivity index (χ4v) is 4.96. The molecule has 3 aromatic heterocycles. The SMILES string of the molecule is Cc1cc(C)cc(-n2c3nc4ccccc4nc3c3c(=O)n(CC4CCCO4)c(C)nc32)c1. The van der Waals surface area contributed by atoms with Crippen molar-refractivity contribution >= 4 is 33.2 Å². The smallest absolute Gasteiger partial charge is 0.265 e. The highest BCUT2D eigenvalue weighted by Gasteiger charge is 2.24. The predicted octanol–water partition coefficient (Wildman–Crippen LogP) is 4.39. The van der Waals surface area contributed by atoms with E-state index in [0.29, 0.717) is 34.6 Å². The first-order valence-electron chi connectivity index (χ1n) is 11.4. The van der Waals surface area contributed by atoms with Crippen LogP contribution in [0.15, 0.2) is 47.3 Å². The molecule has 0 N–H and O–H groups in total. The third-order valence-electron chi connectivity index (χ3n) is 6.43. The quantitative estimate of drug-likeness (QED) is 0.417. The van der Waals surface area contributed by atoms with Crippen LogP contribution in [-0.2, 0) is 11.3 Å². The first-order chi connectivity index (χ1) is 16.0. The second-order valence-electron chi connectivity index (χ2n) is 8.97. The number of fused-ring (bicyclic) bond motifs is 4. The largest absolute Gasteiger partial charge is 0.376 e. The van der Waals surface area contributed by atoms with Gasteiger partial charge in [-0.15, -0.1) is 0 Å². The Labute approximate surface area is 190 Å². The Bertz CT molecular complexity index is 1590. The zero-order chi connectivity index (χ0) is 22.7. The van der Waals surface area contributed by atoms with Gasteiger partial charge in [-0.1, -0.05) is 18.2 Å². The van der Waals surface area contributed by atoms with Crippen LogP contribution in [0.4, 0.5) is 0 Å². The maximum atomic E-state index is 13.9. The Morgan fingerprint density at radius 3 is 2.39 bits per heavy atom. The molecule has 1 aliphatic heterocycles. The van der Waals surface area contributed by atoms with Gasteiger partial charge in [0.25, 0.3) is 5.56 Å². The minimum atomic E-state index is -0.0919. The molecule has 0 radical (unpaired) electrons. The number of nitrogens with zero attached hydrogens (tertiary/aromatic N) is 5. The Morgan fingerprint density at radius 2 is 1.70 bits per heavy atom. The molecule has 1 saturated heterocycles. The molecular weight excluding hydrogens is 414 g/mol. The molecule has 1 unspecified atom stereocenters. The summed E-state index contributed by atoms with van der Waals surface area (Å²) in [5.74, 6) is 0.668. The van der Waals surface area contributed by atoms with Gasteiger partial charge in [-0.3, -0.25) is 13.9 Å². The lowest BCUT2D eigenvalue weighted by Gasteiger charge is -2.15. The van der Waals surface area contributed by atoms with Crippen LogP contribution < -0.4 is 5.56 Å². The van der Waals surface area contributed by atoms with E-state index in [4.69, 9.17) is 19.7 Å². The Hall–Kier alpha value is -3.58. The average Bonchev–Trinajstić information content (AvgIpc) is 3.40. The first-order valence-corrected chi connectivity index (χ1v) is 11.4. The Morgan fingerprint density at radius 1 is 0.970 bits per heavy atom. The van der Waals surface area contributed by atoms with Crippen LogP contribution in [0.3, 0.4) is 0 Å². The van der Waals surface area contributed by atoms with Crippen molar-refractivity contribution in [3.8, 4) is 5.69 Å². The molecule has 1 atom stereocenters. The predicted molar refractivity (Wildman–Crippen MR) is 129 cm³/mol. The van der Waals surface area contributed by atoms with Gasteiger partial charge in [-0.2, -0.15) is 0 Å². The summed E-state index contributed by atoms with van der Waals surface area (Å²) in [6.07, 6.45) is 2.02. The number of aryl methyl sites for hydroxylation is 3. The van der Waals surface area contributed by atoms with Gasteiger partial charge in [-0.25, -0.2) is 15.0 Å². The summed E-state index contributed by atoms with van der Waals surface area (Å²) in [5.41, 5.74) is 6.48. The zero-order valence-electron chi connectivity index (χ0n) is 19.0. The molecule has 33 heavy (non-hydrogen) atoms. The summed E-state index contributed by atoms with van der Waals surface area (Å²) in [4.78, 5) is 28.6. The molecular formula is C26H25N5O2. The van der Waals surface area contributed by atoms with E-state index in [-0.39, 0.29) is 11.7 Å². The van der Waals surface area contributed by atoms with Gasteiger partial charge in [0.15, 0.2) is 11.3 Å². The van der Waals surface area contributed by atoms with E-state index in [1.807, 2.05) is 35.8 Å². The van der Waals surface area contributed by atoms with Crippen LogP contribution in [0.2, 0.25) is 0 Å². The van der Waals surface area contributed by atoms with Gasteiger partial charge in [0.1, 0.15) is 16.7 Å². The van der Waals surface area contributed by atoms with E-state index >= 15 is 0 Å². The van der Waals surface area contributed by atoms with E-state index in [2.05, 4.69) is 32.0 Å². The van der Waals surface area contributed by atoms with Crippen LogP contribution in [-0.4, -0.2) is 36.8 Å². The molecule has 0 bridgehead atoms. The van der Waals surface area contributed by atoms with Crippen molar-refractivity contribution in [2.75, 3.05) is 6.61 Å². The minimum Gasteiger partial charge on any atom is -0.376 e. The van der Waals surface area contributed by atoms with Gasteiger partial charge in [0.2, 0.25) is 0 Å². The van der Waals surface area contributed by atoms with E-state index in [1.54, 1.807) is 4.57 Å². The lowest BCUT2D eigenvalue weighted by molar-refractivity contribution is 0.0955. The molecule has 7 heteroatoms. The van der Waals surface area contributed by atoms with E-state index in [0.717, 1.165) is 47.3 Å². The molecule has 7 nitrogen and oxygen atoms in total. The van der Waals surface area contributed by atoms with Gasteiger partial charge in [0, 0.05) is 12.3 Å². The highest BCUT2D eigenvalue weighted by molar-refractivity contribution is 6.05. The highest BCUT2D eigenvalue weighted by atomic mass is 16.5. The maximum absolute atomic E-state index is 13.9. The molecule has 2 aromatic carbocycles. The summed E-state index contributed by atoms with van der Waals surface area (Å²) >= 11 is 0. The van der Waals surface area contributed by atoms with Crippen LogP contribution >= 0.6 is 0 Å². The number of ether oxygens (including phenoxy) is 1. The zero-order valence-corrected chi connectivity index (χ0v) is 19.0. The van der Waals surface area contributed by atoms with Crippen LogP contribution in [0.1, 0.15) is 29.8 Å². The second-order valence-corrected chi connectivity index (χ2v) is 8.97. The number of rotatable bonds is 3. The van der Waals surface area contributed by atoms with Crippen molar-refractivity contribution in [1.82, 2.24) is 24.1 Å². The standard InChI is InChI=1S/C26H25N5O2/c1-15-11-16(2)13-18(12-15)31-24-22(23-25(31)29-21-9-5-4-8-20(21)28-23)26(32)30(17(3)27-24)14-19-7-6-10-33-19/h4-5,8-9,11-13,19H,6-7,10,14H2,1-3H3. The van der Waals surface area contributed by atoms with Crippen molar-refractivity contribution in [2.45, 2.75) is 46.3 Å². The molecule has 1 fully saturated rings. The second kappa shape index (κ2) is 7.49. The molecule has 1 aliphatic rings. The molecule has 166 valence electrons. The van der Waals surface area contributed by atoms with E-state index < -0.39 is 0 Å². The van der Waals surface area contributed by atoms with Crippen LogP contribution in [0, 0.1) is 20.8 Å². The Balaban J connectivity index is 1.73. The number of hydrogen-bond acceptors (Lipinski definition) is 5. The van der Waals surface area contributed by atoms with E-state index in [1.165, 1.54) is 0 Å². The lowest BCUT2D eigenvalue weighted by atomic mass is 10.1. The molecule has 4 heterocycles. The molecule has 6 rings (SSSR count). The maximum Gasteiger partial charge on any atom is 0.265 e. The number of benzene rings is 2. The number of para-hydroxylation sites is 2. The van der Waals surface area contributed by atoms with Crippen molar-refractivity contribution in [2.24, 2.45) is 0 Å². The number of aromatic nitrogens is 5. The first kappa shape index (κ1) is 20.1. The Kier molecular flexibility index (Phi) is 4.55. The monoisotopic (exact) mass is 439 g/mol. The third kappa shape index (κ3) is 3.23. The minimum absolute atomic E-state index is 0.0420. The molecule has 0 spiro atoms. The van der Waals surface area contributed by atoms with Crippen molar-refractivity contribution in [3.63, 3.8) is 0 Å². The van der Waals surface area contributed by atoms with Crippen LogP contribution in [0.25, 0.3) is 38.9 Å². The fraction of sp³-hybridized carbons (Fsp3) is 0.308. The number of hydrogen-bond donors (Lipinski definition) is 0.